The van der Waals surface area contributed by atoms with Crippen molar-refractivity contribution >= 4 is 5.95 Å². The summed E-state index contributed by atoms with van der Waals surface area (Å²) in [7, 11) is 2.17. The van der Waals surface area contributed by atoms with Crippen molar-refractivity contribution in [2.24, 2.45) is 0 Å². The van der Waals surface area contributed by atoms with E-state index in [2.05, 4.69) is 37.7 Å². The molecule has 0 spiro atoms. The monoisotopic (exact) mass is 360 g/mol. The van der Waals surface area contributed by atoms with Gasteiger partial charge in [-0.2, -0.15) is 0 Å². The maximum atomic E-state index is 9.50. The third-order valence-corrected chi connectivity index (χ3v) is 6.22. The van der Waals surface area contributed by atoms with Crippen molar-refractivity contribution in [3.63, 3.8) is 0 Å². The minimum Gasteiger partial charge on any atom is -0.396 e. The Morgan fingerprint density at radius 2 is 2.00 bits per heavy atom. The lowest BCUT2D eigenvalue weighted by Crippen LogP contribution is -2.55. The lowest BCUT2D eigenvalue weighted by molar-refractivity contribution is 0.0326. The number of nitrogens with zero attached hydrogens (tertiary/aromatic N) is 6. The molecule has 3 saturated heterocycles. The zero-order chi connectivity index (χ0) is 17.9. The summed E-state index contributed by atoms with van der Waals surface area (Å²) in [5.74, 6) is 0.869. The van der Waals surface area contributed by atoms with Crippen LogP contribution in [0.2, 0.25) is 0 Å². The van der Waals surface area contributed by atoms with Crippen molar-refractivity contribution in [3.8, 4) is 0 Å². The van der Waals surface area contributed by atoms with Gasteiger partial charge in [0.15, 0.2) is 0 Å². The van der Waals surface area contributed by atoms with Crippen LogP contribution in [0.1, 0.15) is 25.0 Å². The van der Waals surface area contributed by atoms with Gasteiger partial charge in [-0.1, -0.05) is 0 Å². The zero-order valence-corrected chi connectivity index (χ0v) is 15.9. The van der Waals surface area contributed by atoms with Crippen LogP contribution in [0.15, 0.2) is 12.3 Å². The van der Waals surface area contributed by atoms with E-state index in [4.69, 9.17) is 4.98 Å². The lowest BCUT2D eigenvalue weighted by atomic mass is 10.0. The van der Waals surface area contributed by atoms with Crippen molar-refractivity contribution < 1.29 is 5.11 Å². The molecule has 3 aliphatic rings. The predicted molar refractivity (Wildman–Crippen MR) is 102 cm³/mol. The number of aliphatic hydroxyl groups is 1. The molecule has 0 radical (unpaired) electrons. The first-order chi connectivity index (χ1) is 12.7. The fraction of sp³-hybridized carbons (Fsp3) is 0.789. The molecule has 144 valence electrons. The minimum absolute atomic E-state index is 0.260. The van der Waals surface area contributed by atoms with E-state index in [1.807, 2.05) is 6.20 Å². The molecule has 1 aromatic rings. The smallest absolute Gasteiger partial charge is 0.225 e. The van der Waals surface area contributed by atoms with Crippen LogP contribution in [0.4, 0.5) is 5.95 Å². The Hall–Kier alpha value is -1.28. The zero-order valence-electron chi connectivity index (χ0n) is 15.9. The maximum absolute atomic E-state index is 9.50. The van der Waals surface area contributed by atoms with E-state index < -0.39 is 0 Å². The number of likely N-dealkylation sites (N-methyl/N-ethyl adjacent to an activating group) is 1. The number of aliphatic hydroxyl groups excluding tert-OH is 1. The SMILES string of the molecule is CN1CCN(c2nccc(CN3C[C@@H]4CCCN4C[C@@H]3CCO)n2)CC1. The molecule has 0 aromatic carbocycles. The third-order valence-electron chi connectivity index (χ3n) is 6.22. The van der Waals surface area contributed by atoms with Gasteiger partial charge in [0.2, 0.25) is 5.95 Å². The van der Waals surface area contributed by atoms with Crippen LogP contribution in [-0.4, -0.2) is 101 Å². The number of hydrogen-bond acceptors (Lipinski definition) is 7. The Balaban J connectivity index is 1.44. The number of fused-ring (bicyclic) bond motifs is 1. The van der Waals surface area contributed by atoms with Gasteiger partial charge in [0, 0.05) is 70.7 Å². The van der Waals surface area contributed by atoms with Crippen LogP contribution in [0, 0.1) is 0 Å². The fourth-order valence-corrected chi connectivity index (χ4v) is 4.60. The topological polar surface area (TPSA) is 59.0 Å². The number of aromatic nitrogens is 2. The first-order valence-electron chi connectivity index (χ1n) is 10.1. The molecule has 0 aliphatic carbocycles. The standard InChI is InChI=1S/C19H32N6O/c1-22-8-10-23(11-9-22)19-20-6-4-16(21-19)13-25-15-17-3-2-7-24(17)14-18(25)5-12-26/h4,6,17-18,26H,2-3,5,7-15H2,1H3/t17-,18-/m0/s1. The number of hydrogen-bond donors (Lipinski definition) is 1. The van der Waals surface area contributed by atoms with Crippen LogP contribution in [0.25, 0.3) is 0 Å². The second-order valence-electron chi connectivity index (χ2n) is 8.02. The van der Waals surface area contributed by atoms with E-state index in [0.29, 0.717) is 12.1 Å². The van der Waals surface area contributed by atoms with Crippen molar-refractivity contribution in [3.05, 3.63) is 18.0 Å². The highest BCUT2D eigenvalue weighted by atomic mass is 16.3. The Labute approximate surface area is 156 Å². The Morgan fingerprint density at radius 3 is 2.81 bits per heavy atom. The van der Waals surface area contributed by atoms with Crippen molar-refractivity contribution in [1.29, 1.82) is 0 Å². The van der Waals surface area contributed by atoms with Crippen LogP contribution < -0.4 is 4.90 Å². The van der Waals surface area contributed by atoms with Crippen LogP contribution in [0.3, 0.4) is 0 Å². The highest BCUT2D eigenvalue weighted by Crippen LogP contribution is 2.27. The van der Waals surface area contributed by atoms with E-state index in [9.17, 15) is 5.11 Å². The Bertz CT molecular complexity index is 591. The summed E-state index contributed by atoms with van der Waals surface area (Å²) < 4.78 is 0. The molecule has 3 aliphatic heterocycles. The average molecular weight is 361 g/mol. The molecule has 1 aromatic heterocycles. The van der Waals surface area contributed by atoms with Gasteiger partial charge in [0.05, 0.1) is 5.69 Å². The third kappa shape index (κ3) is 4.01. The summed E-state index contributed by atoms with van der Waals surface area (Å²) in [6.07, 6.45) is 5.37. The molecule has 26 heavy (non-hydrogen) atoms. The first kappa shape index (κ1) is 18.1. The fourth-order valence-electron chi connectivity index (χ4n) is 4.60. The van der Waals surface area contributed by atoms with E-state index >= 15 is 0 Å². The summed E-state index contributed by atoms with van der Waals surface area (Å²) >= 11 is 0. The lowest BCUT2D eigenvalue weighted by Gasteiger charge is -2.43. The molecule has 7 nitrogen and oxygen atoms in total. The van der Waals surface area contributed by atoms with Crippen molar-refractivity contribution in [2.45, 2.75) is 37.9 Å². The minimum atomic E-state index is 0.260. The first-order valence-corrected chi connectivity index (χ1v) is 10.1. The molecule has 0 unspecified atom stereocenters. The van der Waals surface area contributed by atoms with Gasteiger partial charge in [-0.25, -0.2) is 9.97 Å². The second kappa shape index (κ2) is 8.17. The molecule has 3 fully saturated rings. The van der Waals surface area contributed by atoms with Gasteiger partial charge in [-0.3, -0.25) is 9.80 Å². The Morgan fingerprint density at radius 1 is 1.15 bits per heavy atom. The number of rotatable bonds is 5. The van der Waals surface area contributed by atoms with E-state index in [-0.39, 0.29) is 6.61 Å². The predicted octanol–water partition coefficient (Wildman–Crippen LogP) is 0.259. The summed E-state index contributed by atoms with van der Waals surface area (Å²) in [6, 6.07) is 3.16. The molecule has 1 N–H and O–H groups in total. The van der Waals surface area contributed by atoms with Crippen LogP contribution in [-0.2, 0) is 6.54 Å². The molecule has 0 bridgehead atoms. The molecular weight excluding hydrogens is 328 g/mol. The van der Waals surface area contributed by atoms with Gasteiger partial charge in [0.1, 0.15) is 0 Å². The highest BCUT2D eigenvalue weighted by Gasteiger charge is 2.36. The van der Waals surface area contributed by atoms with E-state index in [1.165, 1.54) is 19.4 Å². The van der Waals surface area contributed by atoms with Gasteiger partial charge < -0.3 is 14.9 Å². The van der Waals surface area contributed by atoms with Crippen LogP contribution >= 0.6 is 0 Å². The van der Waals surface area contributed by atoms with Gasteiger partial charge in [-0.15, -0.1) is 0 Å². The second-order valence-corrected chi connectivity index (χ2v) is 8.02. The van der Waals surface area contributed by atoms with Crippen molar-refractivity contribution in [1.82, 2.24) is 24.7 Å². The van der Waals surface area contributed by atoms with E-state index in [1.54, 1.807) is 0 Å². The molecule has 0 amide bonds. The molecule has 4 rings (SSSR count). The van der Waals surface area contributed by atoms with Crippen LogP contribution in [0.5, 0.6) is 0 Å². The summed E-state index contributed by atoms with van der Waals surface area (Å²) in [6.45, 7) is 8.64. The average Bonchev–Trinajstić information content (AvgIpc) is 3.10. The molecule has 2 atom stereocenters. The summed E-state index contributed by atoms with van der Waals surface area (Å²) in [5, 5.41) is 9.50. The Kier molecular flexibility index (Phi) is 5.69. The molecule has 0 saturated carbocycles. The van der Waals surface area contributed by atoms with Gasteiger partial charge >= 0.3 is 0 Å². The quantitative estimate of drug-likeness (QED) is 0.808. The maximum Gasteiger partial charge on any atom is 0.225 e. The number of piperazine rings is 2. The number of anilines is 1. The molecular formula is C19H32N6O. The van der Waals surface area contributed by atoms with Gasteiger partial charge in [-0.05, 0) is 38.9 Å². The molecule has 4 heterocycles. The van der Waals surface area contributed by atoms with Crippen molar-refractivity contribution in [2.75, 3.05) is 64.4 Å². The summed E-state index contributed by atoms with van der Waals surface area (Å²) in [5.41, 5.74) is 1.10. The summed E-state index contributed by atoms with van der Waals surface area (Å²) in [4.78, 5) is 19.2. The highest BCUT2D eigenvalue weighted by molar-refractivity contribution is 5.31. The van der Waals surface area contributed by atoms with Gasteiger partial charge in [0.25, 0.3) is 0 Å². The normalized spacial score (nSPS) is 28.5. The van der Waals surface area contributed by atoms with E-state index in [0.717, 1.165) is 63.9 Å². The molecule has 7 heteroatoms. The largest absolute Gasteiger partial charge is 0.396 e.